The lowest BCUT2D eigenvalue weighted by atomic mass is 9.90. The Morgan fingerprint density at radius 3 is 2.54 bits per heavy atom. The van der Waals surface area contributed by atoms with Crippen LogP contribution < -0.4 is 0 Å². The first-order chi connectivity index (χ1) is 12.6. The molecule has 6 heteroatoms. The van der Waals surface area contributed by atoms with Crippen LogP contribution in [0.5, 0.6) is 0 Å². The summed E-state index contributed by atoms with van der Waals surface area (Å²) in [5, 5.41) is 9.82. The molecule has 1 heterocycles. The smallest absolute Gasteiger partial charge is 0.410 e. The van der Waals surface area contributed by atoms with Crippen LogP contribution >= 0.6 is 15.9 Å². The summed E-state index contributed by atoms with van der Waals surface area (Å²) in [6.07, 6.45) is 0.938. The number of carboxylic acid groups (broad SMARTS) is 1. The van der Waals surface area contributed by atoms with Crippen LogP contribution in [0.25, 0.3) is 0 Å². The number of likely N-dealkylation sites (tertiary alicyclic amines) is 1. The average Bonchev–Trinajstić information content (AvgIpc) is 3.11. The molecule has 0 saturated carbocycles. The maximum Gasteiger partial charge on any atom is 0.410 e. The second-order valence-electron chi connectivity index (χ2n) is 6.28. The number of amides is 1. The van der Waals surface area contributed by atoms with Crippen molar-refractivity contribution >= 4 is 28.0 Å². The minimum absolute atomic E-state index is 0.176. The van der Waals surface area contributed by atoms with E-state index >= 15 is 0 Å². The highest BCUT2D eigenvalue weighted by Crippen LogP contribution is 2.35. The van der Waals surface area contributed by atoms with Crippen molar-refractivity contribution in [3.63, 3.8) is 0 Å². The quantitative estimate of drug-likeness (QED) is 0.781. The molecular weight excluding hydrogens is 398 g/mol. The van der Waals surface area contributed by atoms with Crippen molar-refractivity contribution < 1.29 is 19.4 Å². The van der Waals surface area contributed by atoms with E-state index in [4.69, 9.17) is 4.74 Å². The molecule has 2 atom stereocenters. The summed E-state index contributed by atoms with van der Waals surface area (Å²) in [5.74, 6) is -1.73. The highest BCUT2D eigenvalue weighted by molar-refractivity contribution is 9.10. The molecule has 2 aromatic rings. The van der Waals surface area contributed by atoms with Gasteiger partial charge in [-0.25, -0.2) is 4.79 Å². The number of nitrogens with zero attached hydrogens (tertiary/aromatic N) is 1. The van der Waals surface area contributed by atoms with Crippen molar-refractivity contribution in [2.45, 2.75) is 31.4 Å². The molecule has 0 unspecified atom stereocenters. The van der Waals surface area contributed by atoms with Gasteiger partial charge in [0.15, 0.2) is 0 Å². The predicted octanol–water partition coefficient (Wildman–Crippen LogP) is 4.42. The van der Waals surface area contributed by atoms with Crippen LogP contribution in [0.4, 0.5) is 4.79 Å². The lowest BCUT2D eigenvalue weighted by Crippen LogP contribution is -2.42. The van der Waals surface area contributed by atoms with Gasteiger partial charge in [-0.15, -0.1) is 0 Å². The SMILES string of the molecule is O=C(O)[C@H](c1ccccc1Br)[C@@H]1CCCN1C(=O)OCc1ccccc1. The highest BCUT2D eigenvalue weighted by Gasteiger charge is 2.40. The number of halogens is 1. The maximum absolute atomic E-state index is 12.6. The molecule has 0 radical (unpaired) electrons. The van der Waals surface area contributed by atoms with Crippen LogP contribution in [-0.2, 0) is 16.1 Å². The van der Waals surface area contributed by atoms with Crippen LogP contribution in [0, 0.1) is 0 Å². The molecule has 1 aliphatic heterocycles. The summed E-state index contributed by atoms with van der Waals surface area (Å²) in [5.41, 5.74) is 1.57. The Kier molecular flexibility index (Phi) is 5.93. The Morgan fingerprint density at radius 2 is 1.85 bits per heavy atom. The van der Waals surface area contributed by atoms with Crippen molar-refractivity contribution in [2.24, 2.45) is 0 Å². The standard InChI is InChI=1S/C20H20BrNO4/c21-16-10-5-4-9-15(16)18(19(23)24)17-11-6-12-22(17)20(25)26-13-14-7-2-1-3-8-14/h1-5,7-10,17-18H,6,11-13H2,(H,23,24)/t17-,18+/m0/s1. The second kappa shape index (κ2) is 8.36. The van der Waals surface area contributed by atoms with Gasteiger partial charge in [0.05, 0.1) is 6.04 Å². The fourth-order valence-corrected chi connectivity index (χ4v) is 3.93. The number of carbonyl (C=O) groups is 2. The monoisotopic (exact) mass is 417 g/mol. The molecule has 26 heavy (non-hydrogen) atoms. The summed E-state index contributed by atoms with van der Waals surface area (Å²) in [6.45, 7) is 0.683. The van der Waals surface area contributed by atoms with Crippen LogP contribution in [0.3, 0.4) is 0 Å². The number of carbonyl (C=O) groups excluding carboxylic acids is 1. The summed E-state index contributed by atoms with van der Waals surface area (Å²) in [4.78, 5) is 26.1. The Balaban J connectivity index is 1.76. The minimum Gasteiger partial charge on any atom is -0.481 e. The average molecular weight is 418 g/mol. The van der Waals surface area contributed by atoms with E-state index in [2.05, 4.69) is 15.9 Å². The number of carboxylic acids is 1. The number of hydrogen-bond donors (Lipinski definition) is 1. The van der Waals surface area contributed by atoms with E-state index in [1.807, 2.05) is 48.5 Å². The van der Waals surface area contributed by atoms with Gasteiger partial charge >= 0.3 is 12.1 Å². The van der Waals surface area contributed by atoms with Gasteiger partial charge in [-0.3, -0.25) is 4.79 Å². The molecule has 2 aromatic carbocycles. The third kappa shape index (κ3) is 4.07. The molecular formula is C20H20BrNO4. The number of ether oxygens (including phenoxy) is 1. The molecule has 0 bridgehead atoms. The van der Waals surface area contributed by atoms with Crippen LogP contribution in [0.15, 0.2) is 59.1 Å². The van der Waals surface area contributed by atoms with Gasteiger partial charge in [-0.1, -0.05) is 64.5 Å². The van der Waals surface area contributed by atoms with E-state index in [9.17, 15) is 14.7 Å². The van der Waals surface area contributed by atoms with Gasteiger partial charge in [0.1, 0.15) is 12.5 Å². The zero-order valence-electron chi connectivity index (χ0n) is 14.2. The highest BCUT2D eigenvalue weighted by atomic mass is 79.9. The lowest BCUT2D eigenvalue weighted by molar-refractivity contribution is -0.140. The molecule has 0 spiro atoms. The lowest BCUT2D eigenvalue weighted by Gasteiger charge is -2.29. The van der Waals surface area contributed by atoms with E-state index < -0.39 is 24.0 Å². The Bertz CT molecular complexity index is 780. The van der Waals surface area contributed by atoms with Crippen molar-refractivity contribution in [3.8, 4) is 0 Å². The first-order valence-corrected chi connectivity index (χ1v) is 9.32. The Labute approximate surface area is 160 Å². The van der Waals surface area contributed by atoms with Crippen molar-refractivity contribution in [1.29, 1.82) is 0 Å². The first kappa shape index (κ1) is 18.5. The summed E-state index contributed by atoms with van der Waals surface area (Å²) in [7, 11) is 0. The predicted molar refractivity (Wildman–Crippen MR) is 101 cm³/mol. The summed E-state index contributed by atoms with van der Waals surface area (Å²) in [6, 6.07) is 16.3. The third-order valence-corrected chi connectivity index (χ3v) is 5.35. The van der Waals surface area contributed by atoms with E-state index in [1.54, 1.807) is 11.0 Å². The molecule has 0 aromatic heterocycles. The van der Waals surface area contributed by atoms with Gasteiger partial charge in [0.25, 0.3) is 0 Å². The number of hydrogen-bond acceptors (Lipinski definition) is 3. The molecule has 5 nitrogen and oxygen atoms in total. The third-order valence-electron chi connectivity index (χ3n) is 4.63. The van der Waals surface area contributed by atoms with Gasteiger partial charge < -0.3 is 14.7 Å². The molecule has 1 fully saturated rings. The largest absolute Gasteiger partial charge is 0.481 e. The van der Waals surface area contributed by atoms with Gasteiger partial charge in [0, 0.05) is 11.0 Å². The fourth-order valence-electron chi connectivity index (χ4n) is 3.40. The van der Waals surface area contributed by atoms with Crippen molar-refractivity contribution in [2.75, 3.05) is 6.54 Å². The van der Waals surface area contributed by atoms with E-state index in [0.717, 1.165) is 16.5 Å². The normalized spacial score (nSPS) is 17.7. The van der Waals surface area contributed by atoms with Crippen molar-refractivity contribution in [1.82, 2.24) is 4.90 Å². The van der Waals surface area contributed by atoms with Crippen LogP contribution in [-0.4, -0.2) is 34.7 Å². The van der Waals surface area contributed by atoms with Gasteiger partial charge in [-0.2, -0.15) is 0 Å². The molecule has 136 valence electrons. The molecule has 1 aliphatic rings. The number of rotatable bonds is 5. The van der Waals surface area contributed by atoms with Gasteiger partial charge in [-0.05, 0) is 30.0 Å². The fraction of sp³-hybridized carbons (Fsp3) is 0.300. The topological polar surface area (TPSA) is 66.8 Å². The number of benzene rings is 2. The zero-order chi connectivity index (χ0) is 18.5. The van der Waals surface area contributed by atoms with Crippen LogP contribution in [0.1, 0.15) is 29.9 Å². The molecule has 1 amide bonds. The molecule has 0 aliphatic carbocycles. The zero-order valence-corrected chi connectivity index (χ0v) is 15.8. The Morgan fingerprint density at radius 1 is 1.15 bits per heavy atom. The van der Waals surface area contributed by atoms with Crippen molar-refractivity contribution in [3.05, 3.63) is 70.2 Å². The number of aliphatic carboxylic acids is 1. The maximum atomic E-state index is 12.6. The second-order valence-corrected chi connectivity index (χ2v) is 7.13. The minimum atomic E-state index is -0.940. The summed E-state index contributed by atoms with van der Waals surface area (Å²) < 4.78 is 6.15. The Hall–Kier alpha value is -2.34. The van der Waals surface area contributed by atoms with E-state index in [1.165, 1.54) is 0 Å². The summed E-state index contributed by atoms with van der Waals surface area (Å²) >= 11 is 3.43. The molecule has 1 N–H and O–H groups in total. The van der Waals surface area contributed by atoms with E-state index in [-0.39, 0.29) is 6.61 Å². The van der Waals surface area contributed by atoms with Gasteiger partial charge in [0.2, 0.25) is 0 Å². The van der Waals surface area contributed by atoms with E-state index in [0.29, 0.717) is 18.5 Å². The first-order valence-electron chi connectivity index (χ1n) is 8.52. The van der Waals surface area contributed by atoms with Crippen LogP contribution in [0.2, 0.25) is 0 Å². The molecule has 3 rings (SSSR count). The molecule has 1 saturated heterocycles.